The van der Waals surface area contributed by atoms with Gasteiger partial charge >= 0.3 is 0 Å². The van der Waals surface area contributed by atoms with Crippen LogP contribution in [-0.4, -0.2) is 29.4 Å². The van der Waals surface area contributed by atoms with E-state index in [9.17, 15) is 5.11 Å². The van der Waals surface area contributed by atoms with Crippen molar-refractivity contribution < 1.29 is 9.84 Å². The van der Waals surface area contributed by atoms with E-state index in [2.05, 4.69) is 32.0 Å². The fraction of sp³-hybridized carbons (Fsp3) is 0.550. The molecule has 3 rings (SSSR count). The number of nitrogens with zero attached hydrogens (tertiary/aromatic N) is 1. The molecule has 0 saturated heterocycles. The van der Waals surface area contributed by atoms with Crippen molar-refractivity contribution in [2.24, 2.45) is 11.3 Å². The number of hydrogen-bond donors (Lipinski definition) is 1. The van der Waals surface area contributed by atoms with Crippen molar-refractivity contribution >= 4 is 10.9 Å². The molecule has 1 aliphatic rings. The molecule has 1 aliphatic carbocycles. The van der Waals surface area contributed by atoms with E-state index in [1.807, 2.05) is 18.2 Å². The van der Waals surface area contributed by atoms with Gasteiger partial charge in [-0.2, -0.15) is 0 Å². The molecule has 0 radical (unpaired) electrons. The molecule has 2 aromatic rings. The van der Waals surface area contributed by atoms with Gasteiger partial charge in [0.2, 0.25) is 0 Å². The number of ether oxygens (including phenoxy) is 1. The lowest BCUT2D eigenvalue weighted by atomic mass is 9.71. The second-order valence-corrected chi connectivity index (χ2v) is 7.50. The number of aliphatic hydroxyl groups excluding tert-OH is 1. The van der Waals surface area contributed by atoms with Crippen molar-refractivity contribution in [3.05, 3.63) is 42.1 Å². The van der Waals surface area contributed by atoms with Crippen molar-refractivity contribution in [1.82, 2.24) is 4.98 Å². The number of pyridine rings is 1. The SMILES string of the molecule is CC1(C)CC[C@H](OCCc2ccc3ccccc3n2)[C@H](CO)C1. The number of aromatic nitrogens is 1. The Hall–Kier alpha value is -1.45. The zero-order chi connectivity index (χ0) is 16.3. The number of fused-ring (bicyclic) bond motifs is 1. The molecular formula is C20H27NO2. The Labute approximate surface area is 138 Å². The van der Waals surface area contributed by atoms with Crippen molar-refractivity contribution in [2.45, 2.75) is 45.6 Å². The lowest BCUT2D eigenvalue weighted by molar-refractivity contribution is -0.0538. The first kappa shape index (κ1) is 16.4. The fourth-order valence-electron chi connectivity index (χ4n) is 3.68. The maximum atomic E-state index is 9.64. The highest BCUT2D eigenvalue weighted by atomic mass is 16.5. The van der Waals surface area contributed by atoms with Crippen LogP contribution in [0.2, 0.25) is 0 Å². The molecule has 0 unspecified atom stereocenters. The summed E-state index contributed by atoms with van der Waals surface area (Å²) in [6.07, 6.45) is 4.27. The first-order chi connectivity index (χ1) is 11.1. The molecule has 3 heteroatoms. The minimum Gasteiger partial charge on any atom is -0.396 e. The summed E-state index contributed by atoms with van der Waals surface area (Å²) in [5, 5.41) is 10.8. The lowest BCUT2D eigenvalue weighted by Crippen LogP contribution is -2.37. The number of benzene rings is 1. The first-order valence-electron chi connectivity index (χ1n) is 8.64. The minimum absolute atomic E-state index is 0.188. The van der Waals surface area contributed by atoms with Crippen LogP contribution in [0.5, 0.6) is 0 Å². The van der Waals surface area contributed by atoms with E-state index in [0.29, 0.717) is 12.0 Å². The van der Waals surface area contributed by atoms with Crippen molar-refractivity contribution in [3.8, 4) is 0 Å². The van der Waals surface area contributed by atoms with Crippen LogP contribution in [0.3, 0.4) is 0 Å². The monoisotopic (exact) mass is 313 g/mol. The van der Waals surface area contributed by atoms with Gasteiger partial charge in [-0.15, -0.1) is 0 Å². The quantitative estimate of drug-likeness (QED) is 0.908. The highest BCUT2D eigenvalue weighted by Crippen LogP contribution is 2.39. The van der Waals surface area contributed by atoms with Crippen LogP contribution in [0.25, 0.3) is 10.9 Å². The molecule has 1 saturated carbocycles. The molecule has 0 aliphatic heterocycles. The standard InChI is InChI=1S/C20H27NO2/c1-20(2)11-9-19(16(13-20)14-22)23-12-10-17-8-7-15-5-3-4-6-18(15)21-17/h3-8,16,19,22H,9-14H2,1-2H3/t16-,19-/m0/s1. The van der Waals surface area contributed by atoms with Gasteiger partial charge in [0.25, 0.3) is 0 Å². The molecule has 3 nitrogen and oxygen atoms in total. The van der Waals surface area contributed by atoms with Crippen LogP contribution in [0.4, 0.5) is 0 Å². The summed E-state index contributed by atoms with van der Waals surface area (Å²) in [7, 11) is 0. The zero-order valence-corrected chi connectivity index (χ0v) is 14.2. The van der Waals surface area contributed by atoms with Gasteiger partial charge in [-0.05, 0) is 36.8 Å². The first-order valence-corrected chi connectivity index (χ1v) is 8.64. The van der Waals surface area contributed by atoms with Crippen LogP contribution in [0.15, 0.2) is 36.4 Å². The average Bonchev–Trinajstić information content (AvgIpc) is 2.55. The summed E-state index contributed by atoms with van der Waals surface area (Å²) >= 11 is 0. The van der Waals surface area contributed by atoms with Gasteiger partial charge in [0.15, 0.2) is 0 Å². The minimum atomic E-state index is 0.188. The molecule has 1 aromatic heterocycles. The van der Waals surface area contributed by atoms with E-state index < -0.39 is 0 Å². The number of hydrogen-bond acceptors (Lipinski definition) is 3. The zero-order valence-electron chi connectivity index (χ0n) is 14.2. The number of rotatable bonds is 5. The largest absolute Gasteiger partial charge is 0.396 e. The predicted octanol–water partition coefficient (Wildman–Crippen LogP) is 3.98. The molecule has 1 aromatic carbocycles. The summed E-state index contributed by atoms with van der Waals surface area (Å²) in [5.74, 6) is 0.267. The maximum absolute atomic E-state index is 9.64. The Bertz CT molecular complexity index is 653. The van der Waals surface area contributed by atoms with E-state index >= 15 is 0 Å². The second kappa shape index (κ2) is 6.98. The van der Waals surface area contributed by atoms with Crippen LogP contribution >= 0.6 is 0 Å². The van der Waals surface area contributed by atoms with Crippen molar-refractivity contribution in [3.63, 3.8) is 0 Å². The van der Waals surface area contributed by atoms with Crippen LogP contribution in [0.1, 0.15) is 38.8 Å². The summed E-state index contributed by atoms with van der Waals surface area (Å²) in [4.78, 5) is 4.69. The Balaban J connectivity index is 1.55. The van der Waals surface area contributed by atoms with E-state index in [4.69, 9.17) is 9.72 Å². The highest BCUT2D eigenvalue weighted by Gasteiger charge is 2.34. The van der Waals surface area contributed by atoms with Crippen molar-refractivity contribution in [2.75, 3.05) is 13.2 Å². The highest BCUT2D eigenvalue weighted by molar-refractivity contribution is 5.78. The van der Waals surface area contributed by atoms with E-state index in [-0.39, 0.29) is 18.6 Å². The smallest absolute Gasteiger partial charge is 0.0705 e. The van der Waals surface area contributed by atoms with Gasteiger partial charge in [-0.1, -0.05) is 38.1 Å². The summed E-state index contributed by atoms with van der Waals surface area (Å²) in [6, 6.07) is 12.4. The summed E-state index contributed by atoms with van der Waals surface area (Å²) in [5.41, 5.74) is 2.44. The van der Waals surface area contributed by atoms with Gasteiger partial charge < -0.3 is 9.84 Å². The third-order valence-corrected chi connectivity index (χ3v) is 5.03. The molecule has 0 bridgehead atoms. The molecular weight excluding hydrogens is 286 g/mol. The molecule has 0 spiro atoms. The van der Waals surface area contributed by atoms with Crippen LogP contribution in [-0.2, 0) is 11.2 Å². The Morgan fingerprint density at radius 1 is 1.22 bits per heavy atom. The number of para-hydroxylation sites is 1. The molecule has 0 amide bonds. The normalized spacial score (nSPS) is 24.0. The predicted molar refractivity (Wildman–Crippen MR) is 93.4 cm³/mol. The average molecular weight is 313 g/mol. The fourth-order valence-corrected chi connectivity index (χ4v) is 3.68. The molecule has 1 N–H and O–H groups in total. The molecule has 23 heavy (non-hydrogen) atoms. The number of aliphatic hydroxyl groups is 1. The molecule has 1 heterocycles. The third-order valence-electron chi connectivity index (χ3n) is 5.03. The van der Waals surface area contributed by atoms with Gasteiger partial charge in [0, 0.05) is 30.0 Å². The van der Waals surface area contributed by atoms with E-state index in [0.717, 1.165) is 30.5 Å². The third kappa shape index (κ3) is 4.10. The lowest BCUT2D eigenvalue weighted by Gasteiger charge is -2.39. The van der Waals surface area contributed by atoms with Crippen molar-refractivity contribution in [1.29, 1.82) is 0 Å². The second-order valence-electron chi connectivity index (χ2n) is 7.50. The topological polar surface area (TPSA) is 42.4 Å². The van der Waals surface area contributed by atoms with Crippen LogP contribution in [0, 0.1) is 11.3 Å². The summed E-state index contributed by atoms with van der Waals surface area (Å²) in [6.45, 7) is 5.46. The maximum Gasteiger partial charge on any atom is 0.0705 e. The van der Waals surface area contributed by atoms with Gasteiger partial charge in [-0.25, -0.2) is 0 Å². The Morgan fingerprint density at radius 2 is 2.04 bits per heavy atom. The van der Waals surface area contributed by atoms with Gasteiger partial charge in [-0.3, -0.25) is 4.98 Å². The molecule has 2 atom stereocenters. The van der Waals surface area contributed by atoms with Gasteiger partial charge in [0.1, 0.15) is 0 Å². The van der Waals surface area contributed by atoms with Gasteiger partial charge in [0.05, 0.1) is 18.2 Å². The Kier molecular flexibility index (Phi) is 4.98. The van der Waals surface area contributed by atoms with E-state index in [1.165, 1.54) is 11.8 Å². The van der Waals surface area contributed by atoms with E-state index in [1.54, 1.807) is 0 Å². The Morgan fingerprint density at radius 3 is 2.87 bits per heavy atom. The molecule has 124 valence electrons. The molecule has 1 fully saturated rings. The summed E-state index contributed by atoms with van der Waals surface area (Å²) < 4.78 is 6.10. The van der Waals surface area contributed by atoms with Crippen LogP contribution < -0.4 is 0 Å².